The van der Waals surface area contributed by atoms with Crippen molar-refractivity contribution in [3.63, 3.8) is 0 Å². The van der Waals surface area contributed by atoms with Crippen molar-refractivity contribution in [1.29, 1.82) is 0 Å². The lowest BCUT2D eigenvalue weighted by Gasteiger charge is -2.57. The summed E-state index contributed by atoms with van der Waals surface area (Å²) in [6, 6.07) is 7.66. The highest BCUT2D eigenvalue weighted by Gasteiger charge is 2.59. The topological polar surface area (TPSA) is 50.8 Å². The summed E-state index contributed by atoms with van der Waals surface area (Å²) in [5, 5.41) is 3.03. The molecule has 1 aromatic carbocycles. The van der Waals surface area contributed by atoms with Crippen molar-refractivity contribution in [2.45, 2.75) is 30.7 Å². The van der Waals surface area contributed by atoms with Gasteiger partial charge in [-0.05, 0) is 12.5 Å². The molecule has 2 bridgehead atoms. The van der Waals surface area contributed by atoms with E-state index in [0.29, 0.717) is 0 Å². The molecule has 2 amide bonds. The third-order valence-corrected chi connectivity index (χ3v) is 4.42. The average Bonchev–Trinajstić information content (AvgIpc) is 2.44. The Morgan fingerprint density at radius 3 is 3.16 bits per heavy atom. The fraction of sp³-hybridized carbons (Fsp3) is 0.500. The summed E-state index contributed by atoms with van der Waals surface area (Å²) < 4.78 is 12.2. The molecular weight excluding hydrogens is 244 g/mol. The zero-order valence-corrected chi connectivity index (χ0v) is 10.8. The molecule has 5 nitrogen and oxygen atoms in total. The first-order valence-corrected chi connectivity index (χ1v) is 6.66. The molecule has 5 heteroatoms. The van der Waals surface area contributed by atoms with Crippen molar-refractivity contribution >= 4 is 6.03 Å². The van der Waals surface area contributed by atoms with E-state index in [1.54, 1.807) is 11.9 Å². The molecule has 100 valence electrons. The standard InChI is InChI=1S/C14H16N2O3/c1-16-13(17)15-11-9-5-2-3-6-10(9)19-14(16)7-4-8-18-12(11)14/h2-3,5-6,11-12H,4,7-8H2,1H3,(H,15,17). The highest BCUT2D eigenvalue weighted by molar-refractivity contribution is 5.77. The van der Waals surface area contributed by atoms with Gasteiger partial charge in [-0.1, -0.05) is 18.2 Å². The molecule has 3 heterocycles. The summed E-state index contributed by atoms with van der Waals surface area (Å²) >= 11 is 0. The van der Waals surface area contributed by atoms with Crippen molar-refractivity contribution in [3.8, 4) is 5.75 Å². The Balaban J connectivity index is 1.90. The van der Waals surface area contributed by atoms with E-state index in [9.17, 15) is 4.79 Å². The first kappa shape index (κ1) is 11.1. The zero-order valence-electron chi connectivity index (χ0n) is 10.8. The van der Waals surface area contributed by atoms with Gasteiger partial charge in [-0.15, -0.1) is 0 Å². The largest absolute Gasteiger partial charge is 0.465 e. The Hall–Kier alpha value is -1.75. The Morgan fingerprint density at radius 2 is 2.26 bits per heavy atom. The molecule has 0 aliphatic carbocycles. The van der Waals surface area contributed by atoms with Gasteiger partial charge in [0.2, 0.25) is 5.72 Å². The van der Waals surface area contributed by atoms with Crippen molar-refractivity contribution in [1.82, 2.24) is 10.2 Å². The minimum Gasteiger partial charge on any atom is -0.465 e. The van der Waals surface area contributed by atoms with Crippen LogP contribution in [-0.4, -0.2) is 36.4 Å². The number of hydrogen-bond acceptors (Lipinski definition) is 3. The smallest absolute Gasteiger partial charge is 0.320 e. The summed E-state index contributed by atoms with van der Waals surface area (Å²) in [5.74, 6) is 0.848. The van der Waals surface area contributed by atoms with Crippen LogP contribution in [-0.2, 0) is 4.74 Å². The van der Waals surface area contributed by atoms with E-state index in [2.05, 4.69) is 5.32 Å². The lowest BCUT2D eigenvalue weighted by atomic mass is 9.82. The number of urea groups is 1. The number of carbonyl (C=O) groups is 1. The third kappa shape index (κ3) is 1.31. The van der Waals surface area contributed by atoms with Crippen LogP contribution in [0.25, 0.3) is 0 Å². The number of fused-ring (bicyclic) bond motifs is 2. The van der Waals surface area contributed by atoms with Crippen LogP contribution in [0.4, 0.5) is 4.79 Å². The SMILES string of the molecule is CN1C(=O)NC2c3ccccc3OC13CCCOC23. The molecule has 3 aliphatic heterocycles. The van der Waals surface area contributed by atoms with E-state index in [1.807, 2.05) is 24.3 Å². The van der Waals surface area contributed by atoms with Crippen molar-refractivity contribution in [2.24, 2.45) is 0 Å². The van der Waals surface area contributed by atoms with Crippen LogP contribution in [0.5, 0.6) is 5.75 Å². The van der Waals surface area contributed by atoms with Gasteiger partial charge >= 0.3 is 6.03 Å². The molecule has 0 spiro atoms. The molecule has 0 aromatic heterocycles. The molecule has 0 saturated carbocycles. The number of ether oxygens (including phenoxy) is 2. The number of hydrogen-bond donors (Lipinski definition) is 1. The minimum absolute atomic E-state index is 0.0961. The maximum absolute atomic E-state index is 12.1. The van der Waals surface area contributed by atoms with Gasteiger partial charge in [0.05, 0.1) is 6.04 Å². The van der Waals surface area contributed by atoms with Crippen LogP contribution in [0, 0.1) is 0 Å². The molecule has 0 radical (unpaired) electrons. The fourth-order valence-corrected chi connectivity index (χ4v) is 3.44. The summed E-state index contributed by atoms with van der Waals surface area (Å²) in [6.07, 6.45) is 1.58. The lowest BCUT2D eigenvalue weighted by Crippen LogP contribution is -2.74. The van der Waals surface area contributed by atoms with Crippen LogP contribution in [0.2, 0.25) is 0 Å². The number of nitrogens with one attached hydrogen (secondary N) is 1. The molecule has 4 rings (SSSR count). The van der Waals surface area contributed by atoms with E-state index in [0.717, 1.165) is 30.8 Å². The molecule has 1 N–H and O–H groups in total. The van der Waals surface area contributed by atoms with E-state index in [1.165, 1.54) is 0 Å². The highest BCUT2D eigenvalue weighted by Crippen LogP contribution is 2.48. The quantitative estimate of drug-likeness (QED) is 0.771. The normalized spacial score (nSPS) is 35.8. The third-order valence-electron chi connectivity index (χ3n) is 4.42. The van der Waals surface area contributed by atoms with Gasteiger partial charge in [0, 0.05) is 25.6 Å². The fourth-order valence-electron chi connectivity index (χ4n) is 3.44. The second-order valence-corrected chi connectivity index (χ2v) is 5.37. The maximum Gasteiger partial charge on any atom is 0.320 e. The van der Waals surface area contributed by atoms with Gasteiger partial charge in [-0.25, -0.2) is 4.79 Å². The first-order chi connectivity index (χ1) is 9.22. The van der Waals surface area contributed by atoms with Gasteiger partial charge < -0.3 is 14.8 Å². The van der Waals surface area contributed by atoms with E-state index in [-0.39, 0.29) is 18.2 Å². The van der Waals surface area contributed by atoms with Crippen molar-refractivity contribution in [2.75, 3.05) is 13.7 Å². The molecule has 1 aromatic rings. The number of amides is 2. The Morgan fingerprint density at radius 1 is 1.42 bits per heavy atom. The van der Waals surface area contributed by atoms with E-state index in [4.69, 9.17) is 9.47 Å². The molecule has 2 saturated heterocycles. The number of nitrogens with zero attached hydrogens (tertiary/aromatic N) is 1. The van der Waals surface area contributed by atoms with Crippen molar-refractivity contribution in [3.05, 3.63) is 29.8 Å². The summed E-state index contributed by atoms with van der Waals surface area (Å²) in [5.41, 5.74) is 0.353. The number of para-hydroxylation sites is 1. The van der Waals surface area contributed by atoms with E-state index >= 15 is 0 Å². The molecule has 3 aliphatic rings. The second-order valence-electron chi connectivity index (χ2n) is 5.37. The highest BCUT2D eigenvalue weighted by atomic mass is 16.6. The number of likely N-dealkylation sites (N-methyl/N-ethyl adjacent to an activating group) is 1. The van der Waals surface area contributed by atoms with Crippen LogP contribution < -0.4 is 10.1 Å². The Labute approximate surface area is 111 Å². The van der Waals surface area contributed by atoms with Crippen LogP contribution in [0.15, 0.2) is 24.3 Å². The van der Waals surface area contributed by atoms with Gasteiger partial charge in [0.15, 0.2) is 0 Å². The molecule has 3 unspecified atom stereocenters. The monoisotopic (exact) mass is 260 g/mol. The Kier molecular flexibility index (Phi) is 2.12. The molecule has 2 fully saturated rings. The Bertz CT molecular complexity index is 547. The first-order valence-electron chi connectivity index (χ1n) is 6.66. The molecule has 3 atom stereocenters. The van der Waals surface area contributed by atoms with Gasteiger partial charge in [-0.3, -0.25) is 4.90 Å². The lowest BCUT2D eigenvalue weighted by molar-refractivity contribution is -0.218. The molecular formula is C14H16N2O3. The minimum atomic E-state index is -0.653. The van der Waals surface area contributed by atoms with Gasteiger partial charge in [0.25, 0.3) is 0 Å². The van der Waals surface area contributed by atoms with E-state index < -0.39 is 5.72 Å². The summed E-state index contributed by atoms with van der Waals surface area (Å²) in [4.78, 5) is 13.8. The zero-order chi connectivity index (χ0) is 13.0. The van der Waals surface area contributed by atoms with Crippen LogP contribution in [0.3, 0.4) is 0 Å². The predicted octanol–water partition coefficient (Wildman–Crippen LogP) is 1.65. The van der Waals surface area contributed by atoms with Crippen LogP contribution >= 0.6 is 0 Å². The molecule has 19 heavy (non-hydrogen) atoms. The van der Waals surface area contributed by atoms with Crippen LogP contribution in [0.1, 0.15) is 24.4 Å². The predicted molar refractivity (Wildman–Crippen MR) is 67.8 cm³/mol. The number of benzene rings is 1. The van der Waals surface area contributed by atoms with Gasteiger partial charge in [-0.2, -0.15) is 0 Å². The summed E-state index contributed by atoms with van der Waals surface area (Å²) in [7, 11) is 1.78. The maximum atomic E-state index is 12.1. The number of rotatable bonds is 0. The van der Waals surface area contributed by atoms with Crippen molar-refractivity contribution < 1.29 is 14.3 Å². The average molecular weight is 260 g/mol. The summed E-state index contributed by atoms with van der Waals surface area (Å²) in [6.45, 7) is 0.720. The second kappa shape index (κ2) is 3.63. The van der Waals surface area contributed by atoms with Gasteiger partial charge in [0.1, 0.15) is 11.9 Å². The number of carbonyl (C=O) groups excluding carboxylic acids is 1.